The zero-order valence-electron chi connectivity index (χ0n) is 12.1. The SMILES string of the molecule is CC(C)CNC1CC(CC2CC2)CN(CCO)C1. The number of hydrogen-bond acceptors (Lipinski definition) is 3. The first-order valence-electron chi connectivity index (χ1n) is 7.74. The smallest absolute Gasteiger partial charge is 0.0558 e. The highest BCUT2D eigenvalue weighted by Gasteiger charge is 2.31. The Hall–Kier alpha value is -0.120. The first-order chi connectivity index (χ1) is 8.67. The fourth-order valence-electron chi connectivity index (χ4n) is 3.17. The van der Waals surface area contributed by atoms with E-state index in [-0.39, 0.29) is 0 Å². The van der Waals surface area contributed by atoms with Crippen molar-refractivity contribution in [2.45, 2.75) is 45.6 Å². The maximum Gasteiger partial charge on any atom is 0.0558 e. The minimum Gasteiger partial charge on any atom is -0.395 e. The highest BCUT2D eigenvalue weighted by atomic mass is 16.3. The van der Waals surface area contributed by atoms with Crippen LogP contribution in [0.2, 0.25) is 0 Å². The number of aliphatic hydroxyl groups excluding tert-OH is 1. The lowest BCUT2D eigenvalue weighted by molar-refractivity contribution is 0.109. The summed E-state index contributed by atoms with van der Waals surface area (Å²) in [6.07, 6.45) is 5.67. The highest BCUT2D eigenvalue weighted by molar-refractivity contribution is 4.87. The first-order valence-corrected chi connectivity index (χ1v) is 7.74. The Morgan fingerprint density at radius 3 is 2.61 bits per heavy atom. The number of piperidine rings is 1. The molecule has 2 fully saturated rings. The fraction of sp³-hybridized carbons (Fsp3) is 1.00. The van der Waals surface area contributed by atoms with E-state index in [2.05, 4.69) is 24.1 Å². The quantitative estimate of drug-likeness (QED) is 0.726. The van der Waals surface area contributed by atoms with Gasteiger partial charge in [0.15, 0.2) is 0 Å². The number of rotatable bonds is 7. The van der Waals surface area contributed by atoms with Crippen LogP contribution < -0.4 is 5.32 Å². The Bertz CT molecular complexity index is 241. The first kappa shape index (κ1) is 14.3. The van der Waals surface area contributed by atoms with Crippen molar-refractivity contribution >= 4 is 0 Å². The second-order valence-corrected chi connectivity index (χ2v) is 6.76. The van der Waals surface area contributed by atoms with Crippen LogP contribution in [0.5, 0.6) is 0 Å². The summed E-state index contributed by atoms with van der Waals surface area (Å²) in [7, 11) is 0. The van der Waals surface area contributed by atoms with Crippen LogP contribution in [0.25, 0.3) is 0 Å². The third-order valence-electron chi connectivity index (χ3n) is 4.21. The summed E-state index contributed by atoms with van der Waals surface area (Å²) in [6, 6.07) is 0.636. The van der Waals surface area contributed by atoms with Gasteiger partial charge in [0.25, 0.3) is 0 Å². The van der Waals surface area contributed by atoms with Gasteiger partial charge in [0.2, 0.25) is 0 Å². The average Bonchev–Trinajstić information content (AvgIpc) is 3.10. The molecular weight excluding hydrogens is 224 g/mol. The minimum absolute atomic E-state index is 0.299. The van der Waals surface area contributed by atoms with Crippen LogP contribution in [0.1, 0.15) is 39.5 Å². The number of β-amino-alcohol motifs (C(OH)–C–C–N with tert-alkyl or cyclic N) is 1. The molecule has 1 saturated heterocycles. The molecule has 2 aliphatic rings. The van der Waals surface area contributed by atoms with Crippen LogP contribution in [0, 0.1) is 17.8 Å². The van der Waals surface area contributed by atoms with Gasteiger partial charge in [-0.3, -0.25) is 4.90 Å². The molecule has 0 bridgehead atoms. The molecule has 2 N–H and O–H groups in total. The van der Waals surface area contributed by atoms with E-state index in [0.717, 1.165) is 37.4 Å². The number of hydrogen-bond donors (Lipinski definition) is 2. The summed E-state index contributed by atoms with van der Waals surface area (Å²) in [6.45, 7) is 9.12. The van der Waals surface area contributed by atoms with Gasteiger partial charge in [-0.1, -0.05) is 26.7 Å². The lowest BCUT2D eigenvalue weighted by Gasteiger charge is -2.38. The molecule has 0 amide bonds. The Labute approximate surface area is 112 Å². The zero-order valence-corrected chi connectivity index (χ0v) is 12.1. The predicted molar refractivity (Wildman–Crippen MR) is 75.6 cm³/mol. The molecule has 2 rings (SSSR count). The number of nitrogens with zero attached hydrogens (tertiary/aromatic N) is 1. The third-order valence-corrected chi connectivity index (χ3v) is 4.21. The van der Waals surface area contributed by atoms with E-state index in [1.165, 1.54) is 32.2 Å². The van der Waals surface area contributed by atoms with E-state index in [4.69, 9.17) is 5.11 Å². The van der Waals surface area contributed by atoms with Gasteiger partial charge in [0.1, 0.15) is 0 Å². The van der Waals surface area contributed by atoms with Gasteiger partial charge in [0, 0.05) is 25.7 Å². The summed E-state index contributed by atoms with van der Waals surface area (Å²) in [4.78, 5) is 2.45. The molecule has 0 aromatic rings. The maximum absolute atomic E-state index is 9.14. The largest absolute Gasteiger partial charge is 0.395 e. The van der Waals surface area contributed by atoms with Gasteiger partial charge in [-0.25, -0.2) is 0 Å². The number of aliphatic hydroxyl groups is 1. The molecule has 3 heteroatoms. The van der Waals surface area contributed by atoms with Crippen molar-refractivity contribution in [3.8, 4) is 0 Å². The van der Waals surface area contributed by atoms with Crippen molar-refractivity contribution in [2.75, 3.05) is 32.8 Å². The van der Waals surface area contributed by atoms with E-state index >= 15 is 0 Å². The van der Waals surface area contributed by atoms with Crippen LogP contribution in [0.4, 0.5) is 0 Å². The molecular formula is C15H30N2O. The molecule has 0 aromatic heterocycles. The van der Waals surface area contributed by atoms with Gasteiger partial charge in [0.05, 0.1) is 6.61 Å². The maximum atomic E-state index is 9.14. The van der Waals surface area contributed by atoms with Gasteiger partial charge in [-0.05, 0) is 37.1 Å². The summed E-state index contributed by atoms with van der Waals surface area (Å²) >= 11 is 0. The molecule has 0 spiro atoms. The van der Waals surface area contributed by atoms with Crippen molar-refractivity contribution in [1.82, 2.24) is 10.2 Å². The summed E-state index contributed by atoms with van der Waals surface area (Å²) < 4.78 is 0. The van der Waals surface area contributed by atoms with E-state index < -0.39 is 0 Å². The van der Waals surface area contributed by atoms with E-state index in [1.54, 1.807) is 0 Å². The van der Waals surface area contributed by atoms with E-state index in [0.29, 0.717) is 12.6 Å². The molecule has 0 radical (unpaired) electrons. The van der Waals surface area contributed by atoms with E-state index in [9.17, 15) is 0 Å². The molecule has 3 nitrogen and oxygen atoms in total. The standard InChI is InChI=1S/C15H30N2O/c1-12(2)9-16-15-8-14(7-13-3-4-13)10-17(11-15)5-6-18/h12-16,18H,3-11H2,1-2H3. The minimum atomic E-state index is 0.299. The molecule has 18 heavy (non-hydrogen) atoms. The number of nitrogens with one attached hydrogen (secondary N) is 1. The second kappa shape index (κ2) is 6.88. The summed E-state index contributed by atoms with van der Waals surface area (Å²) in [5.74, 6) is 2.59. The molecule has 1 heterocycles. The topological polar surface area (TPSA) is 35.5 Å². The van der Waals surface area contributed by atoms with Crippen molar-refractivity contribution in [2.24, 2.45) is 17.8 Å². The zero-order chi connectivity index (χ0) is 13.0. The Morgan fingerprint density at radius 1 is 1.22 bits per heavy atom. The molecule has 1 saturated carbocycles. The van der Waals surface area contributed by atoms with Crippen molar-refractivity contribution in [3.05, 3.63) is 0 Å². The predicted octanol–water partition coefficient (Wildman–Crippen LogP) is 1.71. The van der Waals surface area contributed by atoms with Crippen LogP contribution in [-0.4, -0.2) is 48.8 Å². The van der Waals surface area contributed by atoms with E-state index in [1.807, 2.05) is 0 Å². The second-order valence-electron chi connectivity index (χ2n) is 6.76. The van der Waals surface area contributed by atoms with Gasteiger partial charge >= 0.3 is 0 Å². The fourth-order valence-corrected chi connectivity index (χ4v) is 3.17. The van der Waals surface area contributed by atoms with Gasteiger partial charge in [-0.2, -0.15) is 0 Å². The Kier molecular flexibility index (Phi) is 5.46. The van der Waals surface area contributed by atoms with Crippen LogP contribution in [0.3, 0.4) is 0 Å². The third kappa shape index (κ3) is 4.87. The average molecular weight is 254 g/mol. The molecule has 0 aromatic carbocycles. The van der Waals surface area contributed by atoms with Gasteiger partial charge in [-0.15, -0.1) is 0 Å². The normalized spacial score (nSPS) is 30.0. The molecule has 2 unspecified atom stereocenters. The molecule has 2 atom stereocenters. The van der Waals surface area contributed by atoms with Crippen LogP contribution >= 0.6 is 0 Å². The van der Waals surface area contributed by atoms with Gasteiger partial charge < -0.3 is 10.4 Å². The van der Waals surface area contributed by atoms with Crippen molar-refractivity contribution in [1.29, 1.82) is 0 Å². The number of likely N-dealkylation sites (tertiary alicyclic amines) is 1. The van der Waals surface area contributed by atoms with Crippen LogP contribution in [0.15, 0.2) is 0 Å². The van der Waals surface area contributed by atoms with Crippen molar-refractivity contribution in [3.63, 3.8) is 0 Å². The lowest BCUT2D eigenvalue weighted by atomic mass is 9.89. The highest BCUT2D eigenvalue weighted by Crippen LogP contribution is 2.37. The molecule has 1 aliphatic carbocycles. The lowest BCUT2D eigenvalue weighted by Crippen LogP contribution is -2.50. The Balaban J connectivity index is 1.79. The van der Waals surface area contributed by atoms with Crippen LogP contribution in [-0.2, 0) is 0 Å². The molecule has 106 valence electrons. The molecule has 1 aliphatic heterocycles. The summed E-state index contributed by atoms with van der Waals surface area (Å²) in [5, 5.41) is 12.9. The van der Waals surface area contributed by atoms with Crippen molar-refractivity contribution < 1.29 is 5.11 Å². The summed E-state index contributed by atoms with van der Waals surface area (Å²) in [5.41, 5.74) is 0. The Morgan fingerprint density at radius 2 is 2.00 bits per heavy atom. The monoisotopic (exact) mass is 254 g/mol.